The maximum absolute atomic E-state index is 13.8. The SMILES string of the molecule is CCNC(=NCCCc1ccc(Br)cc1F)NCCNC(=O)C1CC1. The van der Waals surface area contributed by atoms with Crippen molar-refractivity contribution in [1.29, 1.82) is 0 Å². The van der Waals surface area contributed by atoms with Crippen molar-refractivity contribution in [1.82, 2.24) is 16.0 Å². The monoisotopic (exact) mass is 412 g/mol. The molecule has 1 saturated carbocycles. The molecule has 0 radical (unpaired) electrons. The fourth-order valence-electron chi connectivity index (χ4n) is 2.38. The van der Waals surface area contributed by atoms with Crippen LogP contribution in [-0.4, -0.2) is 38.0 Å². The minimum Gasteiger partial charge on any atom is -0.357 e. The van der Waals surface area contributed by atoms with Crippen LogP contribution >= 0.6 is 15.9 Å². The molecule has 7 heteroatoms. The maximum Gasteiger partial charge on any atom is 0.223 e. The predicted molar refractivity (Wildman–Crippen MR) is 102 cm³/mol. The molecule has 0 unspecified atom stereocenters. The van der Waals surface area contributed by atoms with Gasteiger partial charge in [0.2, 0.25) is 5.91 Å². The minimum atomic E-state index is -0.185. The number of carbonyl (C=O) groups is 1. The molecule has 25 heavy (non-hydrogen) atoms. The van der Waals surface area contributed by atoms with Gasteiger partial charge in [-0.25, -0.2) is 4.39 Å². The minimum absolute atomic E-state index is 0.153. The number of amides is 1. The van der Waals surface area contributed by atoms with Gasteiger partial charge in [-0.15, -0.1) is 0 Å². The van der Waals surface area contributed by atoms with E-state index in [0.717, 1.165) is 36.2 Å². The first-order valence-corrected chi connectivity index (χ1v) is 9.63. The molecule has 1 amide bonds. The third-order valence-corrected chi connectivity index (χ3v) is 4.39. The van der Waals surface area contributed by atoms with Gasteiger partial charge < -0.3 is 16.0 Å². The van der Waals surface area contributed by atoms with Crippen molar-refractivity contribution in [2.45, 2.75) is 32.6 Å². The lowest BCUT2D eigenvalue weighted by Gasteiger charge is -2.12. The molecule has 5 nitrogen and oxygen atoms in total. The van der Waals surface area contributed by atoms with Crippen molar-refractivity contribution in [3.63, 3.8) is 0 Å². The van der Waals surface area contributed by atoms with Crippen molar-refractivity contribution >= 4 is 27.8 Å². The van der Waals surface area contributed by atoms with Gasteiger partial charge in [0.1, 0.15) is 5.82 Å². The molecule has 1 aromatic carbocycles. The largest absolute Gasteiger partial charge is 0.357 e. The van der Waals surface area contributed by atoms with E-state index in [4.69, 9.17) is 0 Å². The molecule has 0 spiro atoms. The van der Waals surface area contributed by atoms with Gasteiger partial charge in [-0.1, -0.05) is 22.0 Å². The third kappa shape index (κ3) is 7.42. The Morgan fingerprint density at radius 3 is 2.72 bits per heavy atom. The lowest BCUT2D eigenvalue weighted by Crippen LogP contribution is -2.41. The van der Waals surface area contributed by atoms with Crippen molar-refractivity contribution in [2.24, 2.45) is 10.9 Å². The van der Waals surface area contributed by atoms with Crippen LogP contribution in [0.25, 0.3) is 0 Å². The summed E-state index contributed by atoms with van der Waals surface area (Å²) in [5.74, 6) is 0.926. The lowest BCUT2D eigenvalue weighted by molar-refractivity contribution is -0.122. The lowest BCUT2D eigenvalue weighted by atomic mass is 10.1. The summed E-state index contributed by atoms with van der Waals surface area (Å²) in [5, 5.41) is 9.28. The first-order chi connectivity index (χ1) is 12.1. The van der Waals surface area contributed by atoms with Crippen LogP contribution in [0.5, 0.6) is 0 Å². The van der Waals surface area contributed by atoms with Crippen LogP contribution in [0.15, 0.2) is 27.7 Å². The molecule has 0 bridgehead atoms. The second-order valence-electron chi connectivity index (χ2n) is 6.09. The van der Waals surface area contributed by atoms with Gasteiger partial charge >= 0.3 is 0 Å². The Morgan fingerprint density at radius 2 is 2.04 bits per heavy atom. The number of guanidine groups is 1. The fraction of sp³-hybridized carbons (Fsp3) is 0.556. The van der Waals surface area contributed by atoms with Gasteiger partial charge in [-0.2, -0.15) is 0 Å². The van der Waals surface area contributed by atoms with E-state index in [1.807, 2.05) is 13.0 Å². The van der Waals surface area contributed by atoms with Crippen LogP contribution in [0.1, 0.15) is 31.7 Å². The summed E-state index contributed by atoms with van der Waals surface area (Å²) in [5.41, 5.74) is 0.708. The zero-order valence-electron chi connectivity index (χ0n) is 14.6. The highest BCUT2D eigenvalue weighted by molar-refractivity contribution is 9.10. The Labute approximate surface area is 157 Å². The Kier molecular flexibility index (Phi) is 8.18. The molecule has 1 aliphatic rings. The van der Waals surface area contributed by atoms with Crippen molar-refractivity contribution in [2.75, 3.05) is 26.2 Å². The summed E-state index contributed by atoms with van der Waals surface area (Å²) in [6.45, 7) is 4.60. The number of aryl methyl sites for hydroxylation is 1. The van der Waals surface area contributed by atoms with E-state index < -0.39 is 0 Å². The van der Waals surface area contributed by atoms with E-state index in [-0.39, 0.29) is 17.6 Å². The standard InChI is InChI=1S/C18H26BrFN4O/c1-2-21-18(24-11-10-22-17(25)14-5-6-14)23-9-3-4-13-7-8-15(19)12-16(13)20/h7-8,12,14H,2-6,9-11H2,1H3,(H,22,25)(H2,21,23,24). The number of aliphatic imine (C=N–C) groups is 1. The number of benzene rings is 1. The molecular weight excluding hydrogens is 387 g/mol. The quantitative estimate of drug-likeness (QED) is 0.331. The van der Waals surface area contributed by atoms with Gasteiger partial charge in [0, 0.05) is 36.6 Å². The van der Waals surface area contributed by atoms with Gasteiger partial charge in [0.25, 0.3) is 0 Å². The highest BCUT2D eigenvalue weighted by Crippen LogP contribution is 2.28. The number of nitrogens with zero attached hydrogens (tertiary/aromatic N) is 1. The summed E-state index contributed by atoms with van der Waals surface area (Å²) in [7, 11) is 0. The average molecular weight is 413 g/mol. The number of carbonyl (C=O) groups excluding carboxylic acids is 1. The van der Waals surface area contributed by atoms with Crippen LogP contribution in [0.2, 0.25) is 0 Å². The van der Waals surface area contributed by atoms with Gasteiger partial charge in [-0.05, 0) is 50.3 Å². The van der Waals surface area contributed by atoms with Crippen LogP contribution in [0.3, 0.4) is 0 Å². The number of nitrogens with one attached hydrogen (secondary N) is 3. The van der Waals surface area contributed by atoms with E-state index in [1.54, 1.807) is 6.07 Å². The summed E-state index contributed by atoms with van der Waals surface area (Å²) < 4.78 is 14.5. The van der Waals surface area contributed by atoms with E-state index in [0.29, 0.717) is 31.6 Å². The average Bonchev–Trinajstić information content (AvgIpc) is 3.41. The molecule has 0 aliphatic heterocycles. The first kappa shape index (κ1) is 19.7. The highest BCUT2D eigenvalue weighted by Gasteiger charge is 2.28. The van der Waals surface area contributed by atoms with Crippen LogP contribution in [0, 0.1) is 11.7 Å². The third-order valence-electron chi connectivity index (χ3n) is 3.90. The molecule has 1 aliphatic carbocycles. The summed E-state index contributed by atoms with van der Waals surface area (Å²) >= 11 is 3.26. The van der Waals surface area contributed by atoms with Crippen LogP contribution in [-0.2, 0) is 11.2 Å². The van der Waals surface area contributed by atoms with E-state index in [1.165, 1.54) is 6.07 Å². The van der Waals surface area contributed by atoms with Crippen molar-refractivity contribution in [3.05, 3.63) is 34.1 Å². The molecule has 3 N–H and O–H groups in total. The Bertz CT molecular complexity index is 605. The molecule has 138 valence electrons. The Balaban J connectivity index is 1.68. The van der Waals surface area contributed by atoms with Crippen molar-refractivity contribution < 1.29 is 9.18 Å². The van der Waals surface area contributed by atoms with Crippen LogP contribution < -0.4 is 16.0 Å². The number of hydrogen-bond acceptors (Lipinski definition) is 2. The first-order valence-electron chi connectivity index (χ1n) is 8.84. The molecule has 1 fully saturated rings. The Hall–Kier alpha value is -1.63. The molecule has 0 heterocycles. The van der Waals surface area contributed by atoms with Gasteiger partial charge in [0.15, 0.2) is 5.96 Å². The fourth-order valence-corrected chi connectivity index (χ4v) is 2.72. The number of hydrogen-bond donors (Lipinski definition) is 3. The topological polar surface area (TPSA) is 65.5 Å². The summed E-state index contributed by atoms with van der Waals surface area (Å²) in [6.07, 6.45) is 3.46. The maximum atomic E-state index is 13.8. The normalized spacial score (nSPS) is 14.3. The Morgan fingerprint density at radius 1 is 1.28 bits per heavy atom. The van der Waals surface area contributed by atoms with E-state index in [2.05, 4.69) is 36.9 Å². The number of halogens is 2. The molecule has 0 atom stereocenters. The molecule has 1 aromatic rings. The highest BCUT2D eigenvalue weighted by atomic mass is 79.9. The zero-order chi connectivity index (χ0) is 18.1. The van der Waals surface area contributed by atoms with Gasteiger partial charge in [-0.3, -0.25) is 9.79 Å². The number of rotatable bonds is 9. The predicted octanol–water partition coefficient (Wildman–Crippen LogP) is 2.60. The van der Waals surface area contributed by atoms with E-state index >= 15 is 0 Å². The molecular formula is C18H26BrFN4O. The van der Waals surface area contributed by atoms with E-state index in [9.17, 15) is 9.18 Å². The molecule has 0 saturated heterocycles. The van der Waals surface area contributed by atoms with Crippen LogP contribution in [0.4, 0.5) is 4.39 Å². The van der Waals surface area contributed by atoms with Gasteiger partial charge in [0.05, 0.1) is 0 Å². The second kappa shape index (κ2) is 10.4. The molecule has 2 rings (SSSR count). The summed E-state index contributed by atoms with van der Waals surface area (Å²) in [6, 6.07) is 5.14. The smallest absolute Gasteiger partial charge is 0.223 e. The van der Waals surface area contributed by atoms with Crippen molar-refractivity contribution in [3.8, 4) is 0 Å². The zero-order valence-corrected chi connectivity index (χ0v) is 16.2. The second-order valence-corrected chi connectivity index (χ2v) is 7.01. The molecule has 0 aromatic heterocycles. The summed E-state index contributed by atoms with van der Waals surface area (Å²) in [4.78, 5) is 16.0.